The maximum absolute atomic E-state index is 12.5. The summed E-state index contributed by atoms with van der Waals surface area (Å²) in [5, 5.41) is 0. The van der Waals surface area contributed by atoms with Crippen molar-refractivity contribution in [1.29, 1.82) is 0 Å². The Kier molecular flexibility index (Phi) is 34.9. The molecule has 274 valence electrons. The summed E-state index contributed by atoms with van der Waals surface area (Å²) in [5.74, 6) is 2.20. The highest BCUT2D eigenvalue weighted by Gasteiger charge is 2.20. The predicted molar refractivity (Wildman–Crippen MR) is 207 cm³/mol. The number of hydrogen-bond donors (Lipinski definition) is 0. The Balaban J connectivity index is 3.63. The number of ether oxygens (including phenoxy) is 1. The lowest BCUT2D eigenvalue weighted by Gasteiger charge is -2.22. The van der Waals surface area contributed by atoms with Gasteiger partial charge in [-0.3, -0.25) is 4.79 Å². The predicted octanol–water partition coefficient (Wildman–Crippen LogP) is 15.4. The first kappa shape index (κ1) is 45.2. The van der Waals surface area contributed by atoms with Crippen molar-refractivity contribution < 1.29 is 9.53 Å². The lowest BCUT2D eigenvalue weighted by atomic mass is 9.84. The molecule has 0 rings (SSSR count). The molecule has 0 aliphatic rings. The molecule has 4 atom stereocenters. The molecule has 0 spiro atoms. The maximum atomic E-state index is 12.5. The second-order valence-electron chi connectivity index (χ2n) is 15.7. The van der Waals surface area contributed by atoms with Crippen molar-refractivity contribution in [3.05, 3.63) is 12.2 Å². The number of unbranched alkanes of at least 4 members (excludes halogenated alkanes) is 23. The molecule has 0 aliphatic carbocycles. The summed E-state index contributed by atoms with van der Waals surface area (Å²) in [6.07, 6.45) is 45.1. The largest absolute Gasteiger partial charge is 0.465 e. The standard InChI is InChI=1S/C44H86O2/c1-7-9-11-13-15-17-19-21-22-23-24-25-27-29-31-33-35-40(3)37-41(4)38-42(5)39-43(6)44(45)46-36-34-32-30-28-26-20-18-16-14-12-10-8-2/h17,19,40-43H,7-16,18,20-39H2,1-6H3. The Bertz CT molecular complexity index is 640. The molecule has 2 heteroatoms. The van der Waals surface area contributed by atoms with E-state index in [1.807, 2.05) is 0 Å². The van der Waals surface area contributed by atoms with Gasteiger partial charge in [0.05, 0.1) is 12.5 Å². The van der Waals surface area contributed by atoms with Crippen LogP contribution in [0.5, 0.6) is 0 Å². The summed E-state index contributed by atoms with van der Waals surface area (Å²) >= 11 is 0. The zero-order chi connectivity index (χ0) is 33.9. The van der Waals surface area contributed by atoms with Gasteiger partial charge in [-0.2, -0.15) is 0 Å². The van der Waals surface area contributed by atoms with Gasteiger partial charge in [-0.05, 0) is 69.1 Å². The third kappa shape index (κ3) is 33.1. The number of hydrogen-bond acceptors (Lipinski definition) is 2. The molecule has 2 nitrogen and oxygen atoms in total. The summed E-state index contributed by atoms with van der Waals surface area (Å²) in [7, 11) is 0. The van der Waals surface area contributed by atoms with E-state index in [2.05, 4.69) is 53.7 Å². The van der Waals surface area contributed by atoms with Crippen molar-refractivity contribution in [2.24, 2.45) is 23.7 Å². The molecule has 0 aromatic carbocycles. The van der Waals surface area contributed by atoms with Crippen molar-refractivity contribution in [3.8, 4) is 0 Å². The Labute approximate surface area is 291 Å². The van der Waals surface area contributed by atoms with E-state index in [1.54, 1.807) is 0 Å². The molecule has 0 amide bonds. The summed E-state index contributed by atoms with van der Waals surface area (Å²) in [5.41, 5.74) is 0. The van der Waals surface area contributed by atoms with Crippen molar-refractivity contribution >= 4 is 5.97 Å². The van der Waals surface area contributed by atoms with Crippen molar-refractivity contribution in [1.82, 2.24) is 0 Å². The van der Waals surface area contributed by atoms with Crippen LogP contribution in [0, 0.1) is 23.7 Å². The van der Waals surface area contributed by atoms with Gasteiger partial charge in [-0.15, -0.1) is 0 Å². The Morgan fingerprint density at radius 3 is 1.33 bits per heavy atom. The molecule has 0 aromatic rings. The highest BCUT2D eigenvalue weighted by molar-refractivity contribution is 5.71. The third-order valence-corrected chi connectivity index (χ3v) is 10.2. The van der Waals surface area contributed by atoms with Gasteiger partial charge in [0.2, 0.25) is 0 Å². The molecule has 0 aromatic heterocycles. The van der Waals surface area contributed by atoms with Crippen molar-refractivity contribution in [3.63, 3.8) is 0 Å². The normalized spacial score (nSPS) is 14.5. The molecule has 0 bridgehead atoms. The summed E-state index contributed by atoms with van der Waals surface area (Å²) in [4.78, 5) is 12.5. The van der Waals surface area contributed by atoms with E-state index in [1.165, 1.54) is 180 Å². The second kappa shape index (κ2) is 35.5. The van der Waals surface area contributed by atoms with Crippen molar-refractivity contribution in [2.75, 3.05) is 6.61 Å². The minimum atomic E-state index is 0.0246. The molecular formula is C44H86O2. The van der Waals surface area contributed by atoms with Crippen LogP contribution in [0.25, 0.3) is 0 Å². The van der Waals surface area contributed by atoms with Gasteiger partial charge in [0.25, 0.3) is 0 Å². The van der Waals surface area contributed by atoms with Gasteiger partial charge in [-0.25, -0.2) is 0 Å². The third-order valence-electron chi connectivity index (χ3n) is 10.2. The molecular weight excluding hydrogens is 560 g/mol. The quantitative estimate of drug-likeness (QED) is 0.0384. The number of carbonyl (C=O) groups excluding carboxylic acids is 1. The summed E-state index contributed by atoms with van der Waals surface area (Å²) in [6, 6.07) is 0. The Morgan fingerprint density at radius 2 is 0.826 bits per heavy atom. The molecule has 46 heavy (non-hydrogen) atoms. The van der Waals surface area contributed by atoms with E-state index in [0.717, 1.165) is 24.7 Å². The molecule has 0 heterocycles. The number of allylic oxidation sites excluding steroid dienone is 2. The second-order valence-corrected chi connectivity index (χ2v) is 15.7. The molecule has 0 radical (unpaired) electrons. The first-order chi connectivity index (χ1) is 22.4. The SMILES string of the molecule is CCCCCCC=CCCCCCCCCCCC(C)CC(C)CC(C)CC(C)C(=O)OCCCCCCCCCCCCCC. The minimum absolute atomic E-state index is 0.0246. The van der Waals surface area contributed by atoms with E-state index in [4.69, 9.17) is 4.74 Å². The zero-order valence-electron chi connectivity index (χ0n) is 32.7. The fraction of sp³-hybridized carbons (Fsp3) is 0.932. The van der Waals surface area contributed by atoms with Gasteiger partial charge >= 0.3 is 5.97 Å². The van der Waals surface area contributed by atoms with Crippen LogP contribution in [-0.4, -0.2) is 12.6 Å². The fourth-order valence-electron chi connectivity index (χ4n) is 7.38. The monoisotopic (exact) mass is 647 g/mol. The van der Waals surface area contributed by atoms with Crippen molar-refractivity contribution in [2.45, 2.75) is 234 Å². The lowest BCUT2D eigenvalue weighted by molar-refractivity contribution is -0.148. The Morgan fingerprint density at radius 1 is 0.457 bits per heavy atom. The first-order valence-corrected chi connectivity index (χ1v) is 21.2. The highest BCUT2D eigenvalue weighted by Crippen LogP contribution is 2.27. The average molecular weight is 647 g/mol. The zero-order valence-corrected chi connectivity index (χ0v) is 32.7. The smallest absolute Gasteiger partial charge is 0.308 e. The fourth-order valence-corrected chi connectivity index (χ4v) is 7.38. The van der Waals surface area contributed by atoms with E-state index in [-0.39, 0.29) is 11.9 Å². The molecule has 0 aliphatic heterocycles. The van der Waals surface area contributed by atoms with Gasteiger partial charge in [-0.1, -0.05) is 195 Å². The lowest BCUT2D eigenvalue weighted by Crippen LogP contribution is -2.19. The van der Waals surface area contributed by atoms with Gasteiger partial charge < -0.3 is 4.74 Å². The topological polar surface area (TPSA) is 26.3 Å². The Hall–Kier alpha value is -0.790. The number of rotatable bonds is 36. The summed E-state index contributed by atoms with van der Waals surface area (Å²) in [6.45, 7) is 14.5. The molecule has 4 unspecified atom stereocenters. The van der Waals surface area contributed by atoms with Crippen LogP contribution in [0.15, 0.2) is 12.2 Å². The number of esters is 1. The van der Waals surface area contributed by atoms with E-state index < -0.39 is 0 Å². The van der Waals surface area contributed by atoms with Gasteiger partial charge in [0.15, 0.2) is 0 Å². The molecule has 0 saturated carbocycles. The van der Waals surface area contributed by atoms with Crippen LogP contribution in [0.2, 0.25) is 0 Å². The van der Waals surface area contributed by atoms with Crippen LogP contribution < -0.4 is 0 Å². The van der Waals surface area contributed by atoms with E-state index >= 15 is 0 Å². The van der Waals surface area contributed by atoms with E-state index in [0.29, 0.717) is 12.5 Å². The average Bonchev–Trinajstić information content (AvgIpc) is 3.02. The minimum Gasteiger partial charge on any atom is -0.465 e. The summed E-state index contributed by atoms with van der Waals surface area (Å²) < 4.78 is 5.65. The maximum Gasteiger partial charge on any atom is 0.308 e. The van der Waals surface area contributed by atoms with E-state index in [9.17, 15) is 4.79 Å². The molecule has 0 fully saturated rings. The van der Waals surface area contributed by atoms with Gasteiger partial charge in [0, 0.05) is 0 Å². The first-order valence-electron chi connectivity index (χ1n) is 21.2. The van der Waals surface area contributed by atoms with Gasteiger partial charge in [0.1, 0.15) is 0 Å². The highest BCUT2D eigenvalue weighted by atomic mass is 16.5. The van der Waals surface area contributed by atoms with Crippen LogP contribution in [0.1, 0.15) is 234 Å². The van der Waals surface area contributed by atoms with Crippen LogP contribution >= 0.6 is 0 Å². The number of carbonyl (C=O) groups is 1. The van der Waals surface area contributed by atoms with Crippen LogP contribution in [0.4, 0.5) is 0 Å². The molecule has 0 N–H and O–H groups in total. The molecule has 0 saturated heterocycles. The van der Waals surface area contributed by atoms with Crippen LogP contribution in [0.3, 0.4) is 0 Å². The van der Waals surface area contributed by atoms with Crippen LogP contribution in [-0.2, 0) is 9.53 Å².